The zero-order valence-corrected chi connectivity index (χ0v) is 17.1. The quantitative estimate of drug-likeness (QED) is 0.592. The molecule has 0 amide bonds. The van der Waals surface area contributed by atoms with Crippen LogP contribution in [-0.2, 0) is 17.7 Å². The lowest BCUT2D eigenvalue weighted by molar-refractivity contribution is 0.122. The zero-order valence-electron chi connectivity index (χ0n) is 16.3. The first-order chi connectivity index (χ1) is 13.8. The molecule has 1 saturated heterocycles. The minimum Gasteiger partial charge on any atom is -0.378 e. The second-order valence-electron chi connectivity index (χ2n) is 7.01. The Labute approximate surface area is 170 Å². The van der Waals surface area contributed by atoms with E-state index in [0.29, 0.717) is 0 Å². The van der Waals surface area contributed by atoms with Crippen LogP contribution in [0.1, 0.15) is 22.6 Å². The second-order valence-corrected chi connectivity index (χ2v) is 8.10. The Balaban J connectivity index is 1.21. The number of morpholine rings is 1. The number of nitrogens with zero attached hydrogens (tertiary/aromatic N) is 4. The van der Waals surface area contributed by atoms with E-state index in [1.165, 1.54) is 10.4 Å². The predicted molar refractivity (Wildman–Crippen MR) is 113 cm³/mol. The Kier molecular flexibility index (Phi) is 6.36. The monoisotopic (exact) mass is 397 g/mol. The van der Waals surface area contributed by atoms with Gasteiger partial charge in [0.15, 0.2) is 5.13 Å². The predicted octanol–water partition coefficient (Wildman–Crippen LogP) is 3.20. The molecule has 0 unspecified atom stereocenters. The van der Waals surface area contributed by atoms with Crippen LogP contribution in [0.3, 0.4) is 0 Å². The molecule has 0 bridgehead atoms. The van der Waals surface area contributed by atoms with Gasteiger partial charge in [0.05, 0.1) is 24.6 Å². The first-order valence-corrected chi connectivity index (χ1v) is 10.7. The highest BCUT2D eigenvalue weighted by atomic mass is 32.1. The summed E-state index contributed by atoms with van der Waals surface area (Å²) in [7, 11) is 0. The van der Waals surface area contributed by atoms with Crippen molar-refractivity contribution in [2.24, 2.45) is 0 Å². The maximum atomic E-state index is 5.41. The normalized spacial score (nSPS) is 14.5. The number of thiazole rings is 1. The molecule has 28 heavy (non-hydrogen) atoms. The first kappa shape index (κ1) is 19.1. The van der Waals surface area contributed by atoms with E-state index in [2.05, 4.69) is 45.6 Å². The van der Waals surface area contributed by atoms with Crippen molar-refractivity contribution in [3.63, 3.8) is 0 Å². The maximum absolute atomic E-state index is 5.41. The topological polar surface area (TPSA) is 55.2 Å². The summed E-state index contributed by atoms with van der Waals surface area (Å²) in [5.41, 5.74) is 3.54. The van der Waals surface area contributed by atoms with E-state index in [1.54, 1.807) is 11.3 Å². The Morgan fingerprint density at radius 3 is 2.82 bits per heavy atom. The van der Waals surface area contributed by atoms with E-state index in [4.69, 9.17) is 4.74 Å². The highest BCUT2D eigenvalue weighted by molar-refractivity contribution is 7.15. The molecule has 0 radical (unpaired) electrons. The van der Waals surface area contributed by atoms with Gasteiger partial charge in [0.1, 0.15) is 0 Å². The van der Waals surface area contributed by atoms with Gasteiger partial charge in [0.25, 0.3) is 0 Å². The molecular weight excluding hydrogens is 370 g/mol. The molecule has 0 atom stereocenters. The van der Waals surface area contributed by atoms with Gasteiger partial charge in [-0.05, 0) is 44.0 Å². The Morgan fingerprint density at radius 1 is 1.18 bits per heavy atom. The van der Waals surface area contributed by atoms with Crippen molar-refractivity contribution >= 4 is 16.5 Å². The number of aryl methyl sites for hydroxylation is 2. The fourth-order valence-electron chi connectivity index (χ4n) is 3.35. The van der Waals surface area contributed by atoms with Gasteiger partial charge in [-0.1, -0.05) is 18.2 Å². The number of ether oxygens (including phenoxy) is 1. The minimum absolute atomic E-state index is 0.799. The van der Waals surface area contributed by atoms with Crippen molar-refractivity contribution < 1.29 is 4.74 Å². The van der Waals surface area contributed by atoms with Gasteiger partial charge < -0.3 is 15.0 Å². The van der Waals surface area contributed by atoms with Crippen LogP contribution < -0.4 is 10.2 Å². The van der Waals surface area contributed by atoms with E-state index < -0.39 is 0 Å². The average molecular weight is 398 g/mol. The van der Waals surface area contributed by atoms with Crippen molar-refractivity contribution in [3.05, 3.63) is 58.9 Å². The SMILES string of the molecule is Cc1nn(-c2ccccc2)cc1CCCNCc1cnc(N2CCOCC2)s1. The van der Waals surface area contributed by atoms with Gasteiger partial charge in [0.2, 0.25) is 0 Å². The summed E-state index contributed by atoms with van der Waals surface area (Å²) in [6.45, 7) is 7.44. The summed E-state index contributed by atoms with van der Waals surface area (Å²) in [5, 5.41) is 9.31. The van der Waals surface area contributed by atoms with E-state index in [9.17, 15) is 0 Å². The second kappa shape index (κ2) is 9.32. The Morgan fingerprint density at radius 2 is 2.00 bits per heavy atom. The van der Waals surface area contributed by atoms with Gasteiger partial charge in [-0.2, -0.15) is 5.10 Å². The maximum Gasteiger partial charge on any atom is 0.185 e. The molecule has 0 aliphatic carbocycles. The minimum atomic E-state index is 0.799. The lowest BCUT2D eigenvalue weighted by atomic mass is 10.1. The fourth-order valence-corrected chi connectivity index (χ4v) is 4.28. The van der Waals surface area contributed by atoms with Gasteiger partial charge >= 0.3 is 0 Å². The summed E-state index contributed by atoms with van der Waals surface area (Å²) < 4.78 is 7.38. The number of rotatable bonds is 8. The van der Waals surface area contributed by atoms with E-state index in [0.717, 1.165) is 68.7 Å². The lowest BCUT2D eigenvalue weighted by Crippen LogP contribution is -2.36. The lowest BCUT2D eigenvalue weighted by Gasteiger charge is -2.25. The number of benzene rings is 1. The number of hydrogen-bond donors (Lipinski definition) is 1. The molecule has 1 N–H and O–H groups in total. The van der Waals surface area contributed by atoms with Gasteiger partial charge in [0, 0.05) is 36.9 Å². The summed E-state index contributed by atoms with van der Waals surface area (Å²) in [5.74, 6) is 0. The number of nitrogens with one attached hydrogen (secondary N) is 1. The molecule has 1 aliphatic heterocycles. The number of anilines is 1. The highest BCUT2D eigenvalue weighted by Gasteiger charge is 2.14. The third kappa shape index (κ3) is 4.79. The molecule has 1 aromatic carbocycles. The van der Waals surface area contributed by atoms with Crippen LogP contribution in [0.5, 0.6) is 0 Å². The number of para-hydroxylation sites is 1. The number of hydrogen-bond acceptors (Lipinski definition) is 6. The summed E-state index contributed by atoms with van der Waals surface area (Å²) in [4.78, 5) is 8.16. The standard InChI is InChI=1S/C21H27N5OS/c1-17-18(16-26(24-17)19-7-3-2-4-8-19)6-5-9-22-14-20-15-23-21(28-20)25-10-12-27-13-11-25/h2-4,7-8,15-16,22H,5-6,9-14H2,1H3. The molecular formula is C21H27N5OS. The molecule has 1 fully saturated rings. The third-order valence-electron chi connectivity index (χ3n) is 4.94. The molecule has 0 spiro atoms. The van der Waals surface area contributed by atoms with Crippen molar-refractivity contribution in [2.45, 2.75) is 26.3 Å². The number of aromatic nitrogens is 3. The first-order valence-electron chi connectivity index (χ1n) is 9.88. The Bertz CT molecular complexity index is 870. The molecule has 3 heterocycles. The van der Waals surface area contributed by atoms with Crippen LogP contribution in [0.25, 0.3) is 5.69 Å². The Hall–Kier alpha value is -2.22. The highest BCUT2D eigenvalue weighted by Crippen LogP contribution is 2.23. The smallest absolute Gasteiger partial charge is 0.185 e. The van der Waals surface area contributed by atoms with Crippen molar-refractivity contribution in [1.29, 1.82) is 0 Å². The van der Waals surface area contributed by atoms with Crippen LogP contribution in [0.15, 0.2) is 42.7 Å². The molecule has 4 rings (SSSR count). The van der Waals surface area contributed by atoms with E-state index in [1.807, 2.05) is 29.1 Å². The summed E-state index contributed by atoms with van der Waals surface area (Å²) in [6, 6.07) is 10.3. The molecule has 6 nitrogen and oxygen atoms in total. The van der Waals surface area contributed by atoms with Crippen LogP contribution in [0.2, 0.25) is 0 Å². The van der Waals surface area contributed by atoms with E-state index >= 15 is 0 Å². The molecule has 2 aromatic heterocycles. The van der Waals surface area contributed by atoms with Crippen molar-refractivity contribution in [3.8, 4) is 5.69 Å². The van der Waals surface area contributed by atoms with Crippen molar-refractivity contribution in [2.75, 3.05) is 37.7 Å². The fraction of sp³-hybridized carbons (Fsp3) is 0.429. The van der Waals surface area contributed by atoms with Crippen LogP contribution in [0, 0.1) is 6.92 Å². The molecule has 7 heteroatoms. The molecule has 3 aromatic rings. The van der Waals surface area contributed by atoms with Gasteiger partial charge in [-0.15, -0.1) is 11.3 Å². The molecule has 1 aliphatic rings. The zero-order chi connectivity index (χ0) is 19.2. The van der Waals surface area contributed by atoms with Crippen LogP contribution in [-0.4, -0.2) is 47.6 Å². The average Bonchev–Trinajstić information content (AvgIpc) is 3.36. The molecule has 148 valence electrons. The third-order valence-corrected chi connectivity index (χ3v) is 6.00. The van der Waals surface area contributed by atoms with Gasteiger partial charge in [-0.3, -0.25) is 0 Å². The van der Waals surface area contributed by atoms with Crippen LogP contribution >= 0.6 is 11.3 Å². The van der Waals surface area contributed by atoms with Crippen LogP contribution in [0.4, 0.5) is 5.13 Å². The summed E-state index contributed by atoms with van der Waals surface area (Å²) in [6.07, 6.45) is 6.28. The molecule has 0 saturated carbocycles. The largest absolute Gasteiger partial charge is 0.378 e. The van der Waals surface area contributed by atoms with Crippen molar-refractivity contribution in [1.82, 2.24) is 20.1 Å². The summed E-state index contributed by atoms with van der Waals surface area (Å²) >= 11 is 1.78. The van der Waals surface area contributed by atoms with E-state index in [-0.39, 0.29) is 0 Å². The van der Waals surface area contributed by atoms with Gasteiger partial charge in [-0.25, -0.2) is 9.67 Å².